The van der Waals surface area contributed by atoms with Gasteiger partial charge in [0.25, 0.3) is 0 Å². The topological polar surface area (TPSA) is 62.2 Å². The molecule has 2 N–H and O–H groups in total. The lowest BCUT2D eigenvalue weighted by molar-refractivity contribution is -0.136. The number of carboxylic acids is 1. The van der Waals surface area contributed by atoms with Crippen molar-refractivity contribution in [3.8, 4) is 11.3 Å². The number of aliphatic carboxylic acids is 1. The van der Waals surface area contributed by atoms with Crippen molar-refractivity contribution in [3.63, 3.8) is 0 Å². The minimum Gasteiger partial charge on any atom is -0.481 e. The zero-order valence-corrected chi connectivity index (χ0v) is 11.6. The van der Waals surface area contributed by atoms with Gasteiger partial charge in [-0.15, -0.1) is 11.3 Å². The summed E-state index contributed by atoms with van der Waals surface area (Å²) in [5.74, 6) is -1.06. The maximum atomic E-state index is 12.8. The molecule has 0 atom stereocenters. The monoisotopic (exact) mass is 294 g/mol. The molecule has 0 unspecified atom stereocenters. The highest BCUT2D eigenvalue weighted by Crippen LogP contribution is 2.22. The molecule has 0 amide bonds. The van der Waals surface area contributed by atoms with Crippen LogP contribution in [0.2, 0.25) is 0 Å². The van der Waals surface area contributed by atoms with E-state index in [1.165, 1.54) is 12.1 Å². The first kappa shape index (κ1) is 14.6. The van der Waals surface area contributed by atoms with Crippen molar-refractivity contribution >= 4 is 17.3 Å². The van der Waals surface area contributed by atoms with Crippen molar-refractivity contribution in [1.29, 1.82) is 0 Å². The molecule has 0 spiro atoms. The molecule has 0 saturated heterocycles. The van der Waals surface area contributed by atoms with Crippen LogP contribution in [0.5, 0.6) is 0 Å². The summed E-state index contributed by atoms with van der Waals surface area (Å²) in [5.41, 5.74) is 1.74. The second kappa shape index (κ2) is 7.12. The molecule has 0 radical (unpaired) electrons. The summed E-state index contributed by atoms with van der Waals surface area (Å²) in [5, 5.41) is 14.5. The van der Waals surface area contributed by atoms with E-state index in [0.29, 0.717) is 13.1 Å². The summed E-state index contributed by atoms with van der Waals surface area (Å²) in [6.45, 7) is 1.16. The lowest BCUT2D eigenvalue weighted by Crippen LogP contribution is -2.20. The third kappa shape index (κ3) is 4.40. The number of thiazole rings is 1. The van der Waals surface area contributed by atoms with E-state index >= 15 is 0 Å². The van der Waals surface area contributed by atoms with Gasteiger partial charge in [0.2, 0.25) is 0 Å². The summed E-state index contributed by atoms with van der Waals surface area (Å²) in [6, 6.07) is 6.25. The lowest BCUT2D eigenvalue weighted by atomic mass is 10.2. The fourth-order valence-electron chi connectivity index (χ4n) is 1.69. The third-order valence-electron chi connectivity index (χ3n) is 2.72. The van der Waals surface area contributed by atoms with Crippen LogP contribution in [0.4, 0.5) is 4.39 Å². The number of nitrogens with one attached hydrogen (secondary N) is 1. The van der Waals surface area contributed by atoms with Crippen LogP contribution in [0.25, 0.3) is 11.3 Å². The highest BCUT2D eigenvalue weighted by Gasteiger charge is 2.05. The zero-order chi connectivity index (χ0) is 14.4. The number of nitrogens with zero attached hydrogens (tertiary/aromatic N) is 1. The first-order chi connectivity index (χ1) is 9.65. The quantitative estimate of drug-likeness (QED) is 0.770. The predicted octanol–water partition coefficient (Wildman–Crippen LogP) is 2.56. The van der Waals surface area contributed by atoms with E-state index in [4.69, 9.17) is 5.11 Å². The van der Waals surface area contributed by atoms with Crippen LogP contribution < -0.4 is 5.32 Å². The van der Waals surface area contributed by atoms with Gasteiger partial charge >= 0.3 is 5.97 Å². The predicted molar refractivity (Wildman–Crippen MR) is 76.3 cm³/mol. The summed E-state index contributed by atoms with van der Waals surface area (Å²) < 4.78 is 12.8. The Kier molecular flexibility index (Phi) is 5.20. The molecule has 0 aliphatic carbocycles. The van der Waals surface area contributed by atoms with E-state index in [9.17, 15) is 9.18 Å². The standard InChI is InChI=1S/C14H15FN2O2S/c15-11-3-1-10(2-4-11)12-9-20-13(17-12)5-7-16-8-6-14(18)19/h1-4,9,16H,5-8H2,(H,18,19). The number of hydrogen-bond acceptors (Lipinski definition) is 4. The van der Waals surface area contributed by atoms with Crippen LogP contribution in [0.15, 0.2) is 29.6 Å². The molecular formula is C14H15FN2O2S. The number of aromatic nitrogens is 1. The summed E-state index contributed by atoms with van der Waals surface area (Å²) in [7, 11) is 0. The zero-order valence-electron chi connectivity index (χ0n) is 10.8. The Labute approximate surface area is 120 Å². The Bertz CT molecular complexity index is 569. The Morgan fingerprint density at radius 1 is 1.30 bits per heavy atom. The molecule has 1 aromatic carbocycles. The molecule has 0 aliphatic rings. The van der Waals surface area contributed by atoms with Crippen molar-refractivity contribution in [1.82, 2.24) is 10.3 Å². The van der Waals surface area contributed by atoms with E-state index in [1.54, 1.807) is 23.5 Å². The van der Waals surface area contributed by atoms with Gasteiger partial charge in [-0.25, -0.2) is 9.37 Å². The van der Waals surface area contributed by atoms with Gasteiger partial charge in [-0.1, -0.05) is 0 Å². The van der Waals surface area contributed by atoms with Gasteiger partial charge < -0.3 is 10.4 Å². The van der Waals surface area contributed by atoms with Crippen LogP contribution in [0, 0.1) is 5.82 Å². The van der Waals surface area contributed by atoms with Gasteiger partial charge in [0.05, 0.1) is 17.1 Å². The molecule has 1 aromatic heterocycles. The minimum atomic E-state index is -0.801. The van der Waals surface area contributed by atoms with Crippen molar-refractivity contribution in [3.05, 3.63) is 40.5 Å². The maximum absolute atomic E-state index is 12.8. The number of hydrogen-bond donors (Lipinski definition) is 2. The number of benzene rings is 1. The largest absolute Gasteiger partial charge is 0.481 e. The Balaban J connectivity index is 1.83. The molecule has 106 valence electrons. The van der Waals surface area contributed by atoms with Gasteiger partial charge in [0.1, 0.15) is 5.82 Å². The van der Waals surface area contributed by atoms with E-state index in [0.717, 1.165) is 22.7 Å². The number of carbonyl (C=O) groups is 1. The molecule has 6 heteroatoms. The molecule has 2 rings (SSSR count). The normalized spacial score (nSPS) is 10.7. The van der Waals surface area contributed by atoms with Crippen LogP contribution >= 0.6 is 11.3 Å². The van der Waals surface area contributed by atoms with Gasteiger partial charge in [-0.3, -0.25) is 4.79 Å². The summed E-state index contributed by atoms with van der Waals surface area (Å²) >= 11 is 1.55. The minimum absolute atomic E-state index is 0.124. The van der Waals surface area contributed by atoms with Crippen LogP contribution in [-0.2, 0) is 11.2 Å². The third-order valence-corrected chi connectivity index (χ3v) is 3.63. The molecule has 0 aliphatic heterocycles. The Hall–Kier alpha value is -1.79. The molecule has 20 heavy (non-hydrogen) atoms. The van der Waals surface area contributed by atoms with E-state index in [-0.39, 0.29) is 12.2 Å². The molecule has 0 bridgehead atoms. The molecule has 0 saturated carbocycles. The number of rotatable bonds is 7. The van der Waals surface area contributed by atoms with Gasteiger partial charge in [-0.2, -0.15) is 0 Å². The second-order valence-electron chi connectivity index (χ2n) is 4.28. The first-order valence-corrected chi connectivity index (χ1v) is 7.16. The SMILES string of the molecule is O=C(O)CCNCCc1nc(-c2ccc(F)cc2)cs1. The van der Waals surface area contributed by atoms with E-state index < -0.39 is 5.97 Å². The van der Waals surface area contributed by atoms with Crippen LogP contribution in [-0.4, -0.2) is 29.1 Å². The summed E-state index contributed by atoms with van der Waals surface area (Å²) in [4.78, 5) is 14.8. The van der Waals surface area contributed by atoms with E-state index in [2.05, 4.69) is 10.3 Å². The van der Waals surface area contributed by atoms with Crippen LogP contribution in [0.1, 0.15) is 11.4 Å². The average molecular weight is 294 g/mol. The van der Waals surface area contributed by atoms with Crippen molar-refractivity contribution in [2.45, 2.75) is 12.8 Å². The molecular weight excluding hydrogens is 279 g/mol. The molecule has 4 nitrogen and oxygen atoms in total. The Morgan fingerprint density at radius 2 is 2.05 bits per heavy atom. The molecule has 1 heterocycles. The summed E-state index contributed by atoms with van der Waals surface area (Å²) in [6.07, 6.45) is 0.879. The van der Waals surface area contributed by atoms with E-state index in [1.807, 2.05) is 5.38 Å². The smallest absolute Gasteiger partial charge is 0.304 e. The van der Waals surface area contributed by atoms with Gasteiger partial charge in [0, 0.05) is 30.5 Å². The van der Waals surface area contributed by atoms with Gasteiger partial charge in [0.15, 0.2) is 0 Å². The fourth-order valence-corrected chi connectivity index (χ4v) is 2.50. The Morgan fingerprint density at radius 3 is 2.75 bits per heavy atom. The molecule has 0 fully saturated rings. The lowest BCUT2D eigenvalue weighted by Gasteiger charge is -2.00. The number of halogens is 1. The fraction of sp³-hybridized carbons (Fsp3) is 0.286. The first-order valence-electron chi connectivity index (χ1n) is 6.28. The second-order valence-corrected chi connectivity index (χ2v) is 5.22. The number of carboxylic acid groups (broad SMARTS) is 1. The highest BCUT2D eigenvalue weighted by molar-refractivity contribution is 7.09. The highest BCUT2D eigenvalue weighted by atomic mass is 32.1. The van der Waals surface area contributed by atoms with Gasteiger partial charge in [-0.05, 0) is 24.3 Å². The van der Waals surface area contributed by atoms with Crippen molar-refractivity contribution in [2.75, 3.05) is 13.1 Å². The van der Waals surface area contributed by atoms with Crippen molar-refractivity contribution in [2.24, 2.45) is 0 Å². The molecule has 2 aromatic rings. The maximum Gasteiger partial charge on any atom is 0.304 e. The average Bonchev–Trinajstić information content (AvgIpc) is 2.87. The van der Waals surface area contributed by atoms with Crippen LogP contribution in [0.3, 0.4) is 0 Å². The van der Waals surface area contributed by atoms with Crippen molar-refractivity contribution < 1.29 is 14.3 Å².